The second-order valence-corrected chi connectivity index (χ2v) is 9.55. The van der Waals surface area contributed by atoms with Crippen LogP contribution in [0.4, 0.5) is 0 Å². The van der Waals surface area contributed by atoms with Crippen LogP contribution in [0.3, 0.4) is 0 Å². The second-order valence-electron chi connectivity index (χ2n) is 9.55. The lowest BCUT2D eigenvalue weighted by molar-refractivity contribution is -0.130. The minimum absolute atomic E-state index is 0.00631. The Morgan fingerprint density at radius 3 is 2.44 bits per heavy atom. The van der Waals surface area contributed by atoms with E-state index in [4.69, 9.17) is 9.47 Å². The molecule has 0 spiro atoms. The van der Waals surface area contributed by atoms with Gasteiger partial charge in [-0.25, -0.2) is 0 Å². The van der Waals surface area contributed by atoms with Gasteiger partial charge in [-0.05, 0) is 36.1 Å². The first-order valence-corrected chi connectivity index (χ1v) is 13.3. The van der Waals surface area contributed by atoms with E-state index >= 15 is 0 Å². The Hall–Kier alpha value is -4.08. The van der Waals surface area contributed by atoms with Crippen LogP contribution in [0.15, 0.2) is 48.5 Å². The average molecular weight is 539 g/mol. The van der Waals surface area contributed by atoms with Crippen molar-refractivity contribution in [1.29, 1.82) is 0 Å². The topological polar surface area (TPSA) is 135 Å². The number of carbonyl (C=O) groups is 4. The lowest BCUT2D eigenvalue weighted by Crippen LogP contribution is -2.51. The number of rotatable bonds is 5. The number of methoxy groups -OCH3 is 1. The van der Waals surface area contributed by atoms with Gasteiger partial charge in [0.05, 0.1) is 13.7 Å². The number of carbonyl (C=O) groups excluding carboxylic acids is 4. The smallest absolute Gasteiger partial charge is 0.252 e. The monoisotopic (exact) mass is 538 g/mol. The Morgan fingerprint density at radius 1 is 0.974 bits per heavy atom. The molecule has 2 aromatic rings. The zero-order valence-electron chi connectivity index (χ0n) is 22.8. The fraction of sp³-hybridized carbons (Fsp3) is 0.448. The lowest BCUT2D eigenvalue weighted by atomic mass is 9.98. The molecule has 1 heterocycles. The van der Waals surface area contributed by atoms with Crippen LogP contribution in [-0.4, -0.2) is 62.5 Å². The van der Waals surface area contributed by atoms with Gasteiger partial charge in [0, 0.05) is 31.5 Å². The summed E-state index contributed by atoms with van der Waals surface area (Å²) < 4.78 is 11.2. The minimum Gasteiger partial charge on any atom is -0.493 e. The Balaban J connectivity index is 1.85. The van der Waals surface area contributed by atoms with Crippen LogP contribution < -0.4 is 30.7 Å². The van der Waals surface area contributed by atoms with Crippen LogP contribution in [0.2, 0.25) is 0 Å². The Labute approximate surface area is 229 Å². The number of hydrogen-bond donors (Lipinski definition) is 4. The van der Waals surface area contributed by atoms with E-state index in [-0.39, 0.29) is 43.7 Å². The first kappa shape index (κ1) is 29.5. The van der Waals surface area contributed by atoms with E-state index in [9.17, 15) is 19.2 Å². The second kappa shape index (κ2) is 14.8. The van der Waals surface area contributed by atoms with Gasteiger partial charge in [0.2, 0.25) is 17.7 Å². The van der Waals surface area contributed by atoms with Crippen molar-refractivity contribution in [3.63, 3.8) is 0 Å². The highest BCUT2D eigenvalue weighted by molar-refractivity contribution is 5.98. The number of amides is 4. The van der Waals surface area contributed by atoms with Crippen molar-refractivity contribution >= 4 is 23.6 Å². The maximum atomic E-state index is 13.2. The molecule has 10 nitrogen and oxygen atoms in total. The fourth-order valence-corrected chi connectivity index (χ4v) is 4.18. The van der Waals surface area contributed by atoms with Crippen LogP contribution in [0.5, 0.6) is 11.5 Å². The van der Waals surface area contributed by atoms with E-state index in [1.807, 2.05) is 44.2 Å². The summed E-state index contributed by atoms with van der Waals surface area (Å²) in [6.45, 7) is 4.53. The van der Waals surface area contributed by atoms with E-state index in [1.165, 1.54) is 7.11 Å². The first-order chi connectivity index (χ1) is 18.8. The molecule has 1 aliphatic rings. The zero-order chi connectivity index (χ0) is 28.2. The van der Waals surface area contributed by atoms with E-state index in [0.29, 0.717) is 36.4 Å². The minimum atomic E-state index is -0.879. The third-order valence-corrected chi connectivity index (χ3v) is 6.67. The molecule has 39 heavy (non-hydrogen) atoms. The van der Waals surface area contributed by atoms with Crippen molar-refractivity contribution in [3.8, 4) is 11.5 Å². The molecule has 3 atom stereocenters. The van der Waals surface area contributed by atoms with Gasteiger partial charge in [-0.1, -0.05) is 50.6 Å². The standard InChI is InChI=1S/C29H38N4O6/c1-4-19(2)26-29(37)30-14-8-16-39-24-18-21(11-12-23(24)38-3)27(35)32-22(17-20-9-6-5-7-10-20)28(36)31-15-13-25(34)33-26/h5-7,9-12,18-19,22,26H,4,8,13-17H2,1-3H3,(H,30,37)(H,31,36)(H,32,35)(H,33,34)/t19-,22-,26-/m0/s1. The van der Waals surface area contributed by atoms with Crippen LogP contribution in [0.25, 0.3) is 0 Å². The Bertz CT molecular complexity index is 1140. The molecule has 10 heteroatoms. The SMILES string of the molecule is CC[C@H](C)[C@@H]1NC(=O)CCNC(=O)[C@H](Cc2ccccc2)NC(=O)c2ccc(OC)c(c2)OCCCNC1=O. The molecule has 210 valence electrons. The number of ether oxygens (including phenoxy) is 2. The molecule has 0 aliphatic carbocycles. The van der Waals surface area contributed by atoms with Crippen LogP contribution in [-0.2, 0) is 20.8 Å². The van der Waals surface area contributed by atoms with Gasteiger partial charge in [-0.3, -0.25) is 19.2 Å². The molecule has 4 amide bonds. The molecule has 3 rings (SSSR count). The van der Waals surface area contributed by atoms with Gasteiger partial charge in [0.1, 0.15) is 12.1 Å². The molecule has 0 radical (unpaired) electrons. The van der Waals surface area contributed by atoms with Gasteiger partial charge in [-0.15, -0.1) is 0 Å². The normalized spacial score (nSPS) is 20.5. The maximum Gasteiger partial charge on any atom is 0.252 e. The highest BCUT2D eigenvalue weighted by atomic mass is 16.5. The van der Waals surface area contributed by atoms with Crippen molar-refractivity contribution in [2.75, 3.05) is 26.8 Å². The van der Waals surface area contributed by atoms with Gasteiger partial charge < -0.3 is 30.7 Å². The van der Waals surface area contributed by atoms with Crippen LogP contribution in [0, 0.1) is 5.92 Å². The Morgan fingerprint density at radius 2 is 1.72 bits per heavy atom. The summed E-state index contributed by atoms with van der Waals surface area (Å²) in [4.78, 5) is 51.8. The van der Waals surface area contributed by atoms with Crippen LogP contribution in [0.1, 0.15) is 49.0 Å². The molecular weight excluding hydrogens is 500 g/mol. The van der Waals surface area contributed by atoms with E-state index in [2.05, 4.69) is 21.3 Å². The van der Waals surface area contributed by atoms with E-state index < -0.39 is 23.9 Å². The molecule has 0 aromatic heterocycles. The van der Waals surface area contributed by atoms with Gasteiger partial charge >= 0.3 is 0 Å². The predicted octanol–water partition coefficient (Wildman–Crippen LogP) is 1.97. The molecule has 0 fully saturated rings. The van der Waals surface area contributed by atoms with Gasteiger partial charge in [0.25, 0.3) is 5.91 Å². The molecule has 0 saturated carbocycles. The summed E-state index contributed by atoms with van der Waals surface area (Å²) >= 11 is 0. The molecule has 2 aromatic carbocycles. The molecule has 0 unspecified atom stereocenters. The quantitative estimate of drug-likeness (QED) is 0.460. The average Bonchev–Trinajstić information content (AvgIpc) is 2.94. The molecule has 1 aliphatic heterocycles. The highest BCUT2D eigenvalue weighted by Crippen LogP contribution is 2.28. The van der Waals surface area contributed by atoms with E-state index in [0.717, 1.165) is 5.56 Å². The summed E-state index contributed by atoms with van der Waals surface area (Å²) in [5, 5.41) is 11.2. The third-order valence-electron chi connectivity index (χ3n) is 6.67. The number of benzene rings is 2. The third kappa shape index (κ3) is 8.73. The summed E-state index contributed by atoms with van der Waals surface area (Å²) in [6.07, 6.45) is 1.47. The molecular formula is C29H38N4O6. The van der Waals surface area contributed by atoms with Crippen molar-refractivity contribution in [1.82, 2.24) is 21.3 Å². The lowest BCUT2D eigenvalue weighted by Gasteiger charge is -2.24. The number of nitrogens with one attached hydrogen (secondary N) is 4. The highest BCUT2D eigenvalue weighted by Gasteiger charge is 2.26. The molecule has 2 bridgehead atoms. The molecule has 4 N–H and O–H groups in total. The maximum absolute atomic E-state index is 13.2. The fourth-order valence-electron chi connectivity index (χ4n) is 4.18. The van der Waals surface area contributed by atoms with Crippen LogP contribution >= 0.6 is 0 Å². The zero-order valence-corrected chi connectivity index (χ0v) is 22.8. The van der Waals surface area contributed by atoms with Crippen molar-refractivity contribution in [2.24, 2.45) is 5.92 Å². The number of hydrogen-bond acceptors (Lipinski definition) is 6. The molecule has 0 saturated heterocycles. The van der Waals surface area contributed by atoms with Crippen molar-refractivity contribution < 1.29 is 28.7 Å². The summed E-state index contributed by atoms with van der Waals surface area (Å²) in [7, 11) is 1.51. The van der Waals surface area contributed by atoms with Gasteiger partial charge in [0.15, 0.2) is 11.5 Å². The summed E-state index contributed by atoms with van der Waals surface area (Å²) in [5.74, 6) is -0.716. The largest absolute Gasteiger partial charge is 0.493 e. The van der Waals surface area contributed by atoms with Gasteiger partial charge in [-0.2, -0.15) is 0 Å². The van der Waals surface area contributed by atoms with Crippen molar-refractivity contribution in [2.45, 2.75) is 51.6 Å². The summed E-state index contributed by atoms with van der Waals surface area (Å²) in [6, 6.07) is 12.6. The predicted molar refractivity (Wildman–Crippen MR) is 147 cm³/mol. The summed E-state index contributed by atoms with van der Waals surface area (Å²) in [5.41, 5.74) is 1.17. The first-order valence-electron chi connectivity index (χ1n) is 13.3. The van der Waals surface area contributed by atoms with Crippen molar-refractivity contribution in [3.05, 3.63) is 59.7 Å². The number of fused-ring (bicyclic) bond motifs is 2. The Kier molecular flexibility index (Phi) is 11.1. The van der Waals surface area contributed by atoms with E-state index in [1.54, 1.807) is 18.2 Å².